The van der Waals surface area contributed by atoms with Gasteiger partial charge in [-0.15, -0.1) is 11.3 Å². The maximum absolute atomic E-state index is 12.5. The highest BCUT2D eigenvalue weighted by molar-refractivity contribution is 7.12. The van der Waals surface area contributed by atoms with Gasteiger partial charge in [0.15, 0.2) is 0 Å². The summed E-state index contributed by atoms with van der Waals surface area (Å²) in [5, 5.41) is 13.7. The second-order valence-electron chi connectivity index (χ2n) is 3.45. The smallest absolute Gasteiger partial charge is 0.452 e. The molecule has 0 aromatic carbocycles. The molecule has 2 aromatic rings. The van der Waals surface area contributed by atoms with Gasteiger partial charge >= 0.3 is 12.1 Å². The Labute approximate surface area is 103 Å². The number of hydrogen-bond acceptors (Lipinski definition) is 4. The van der Waals surface area contributed by atoms with Crippen LogP contribution in [0.5, 0.6) is 0 Å². The molecule has 1 N–H and O–H groups in total. The quantitative estimate of drug-likeness (QED) is 0.913. The number of aromatic carboxylic acids is 1. The van der Waals surface area contributed by atoms with Crippen LogP contribution in [0, 0.1) is 6.92 Å². The predicted molar refractivity (Wildman–Crippen MR) is 56.5 cm³/mol. The van der Waals surface area contributed by atoms with Crippen LogP contribution in [-0.4, -0.2) is 16.2 Å². The average molecular weight is 277 g/mol. The van der Waals surface area contributed by atoms with E-state index in [1.807, 2.05) is 0 Å². The number of rotatable bonds is 2. The molecular formula is C10H6F3NO3S. The number of nitrogens with zero attached hydrogens (tertiary/aromatic N) is 1. The van der Waals surface area contributed by atoms with E-state index in [1.54, 1.807) is 0 Å². The van der Waals surface area contributed by atoms with E-state index in [2.05, 4.69) is 9.68 Å². The lowest BCUT2D eigenvalue weighted by molar-refractivity contribution is -0.156. The van der Waals surface area contributed by atoms with E-state index in [-0.39, 0.29) is 21.7 Å². The van der Waals surface area contributed by atoms with Gasteiger partial charge in [0, 0.05) is 11.1 Å². The van der Waals surface area contributed by atoms with Crippen molar-refractivity contribution in [1.82, 2.24) is 5.16 Å². The Morgan fingerprint density at radius 3 is 2.67 bits per heavy atom. The molecule has 0 saturated carbocycles. The number of carbonyl (C=O) groups is 1. The van der Waals surface area contributed by atoms with Crippen molar-refractivity contribution in [3.8, 4) is 11.3 Å². The molecule has 8 heteroatoms. The fourth-order valence-corrected chi connectivity index (χ4v) is 2.25. The molecule has 18 heavy (non-hydrogen) atoms. The number of carboxylic acids is 1. The third kappa shape index (κ3) is 1.99. The molecule has 2 rings (SSSR count). The van der Waals surface area contributed by atoms with Crippen LogP contribution >= 0.6 is 11.3 Å². The van der Waals surface area contributed by atoms with Gasteiger partial charge in [0.1, 0.15) is 10.6 Å². The van der Waals surface area contributed by atoms with Crippen LogP contribution in [-0.2, 0) is 6.18 Å². The van der Waals surface area contributed by atoms with Crippen molar-refractivity contribution < 1.29 is 27.6 Å². The minimum atomic E-state index is -4.64. The number of thiophene rings is 1. The molecule has 0 unspecified atom stereocenters. The lowest BCUT2D eigenvalue weighted by Gasteiger charge is -2.01. The molecule has 0 amide bonds. The number of halogens is 3. The van der Waals surface area contributed by atoms with Crippen LogP contribution in [0.4, 0.5) is 13.2 Å². The van der Waals surface area contributed by atoms with Crippen LogP contribution in [0.3, 0.4) is 0 Å². The van der Waals surface area contributed by atoms with Crippen LogP contribution in [0.1, 0.15) is 21.0 Å². The van der Waals surface area contributed by atoms with Gasteiger partial charge in [-0.25, -0.2) is 4.79 Å². The fraction of sp³-hybridized carbons (Fsp3) is 0.200. The van der Waals surface area contributed by atoms with E-state index in [9.17, 15) is 18.0 Å². The number of alkyl halides is 3. The fourth-order valence-electron chi connectivity index (χ4n) is 1.51. The summed E-state index contributed by atoms with van der Waals surface area (Å²) in [7, 11) is 0. The summed E-state index contributed by atoms with van der Waals surface area (Å²) in [5.41, 5.74) is -0.186. The summed E-state index contributed by atoms with van der Waals surface area (Å²) < 4.78 is 41.8. The molecule has 0 spiro atoms. The van der Waals surface area contributed by atoms with Crippen molar-refractivity contribution in [2.45, 2.75) is 13.1 Å². The lowest BCUT2D eigenvalue weighted by Crippen LogP contribution is -2.05. The summed E-state index contributed by atoms with van der Waals surface area (Å²) in [4.78, 5) is 10.8. The Morgan fingerprint density at radius 2 is 2.17 bits per heavy atom. The van der Waals surface area contributed by atoms with E-state index < -0.39 is 17.9 Å². The highest BCUT2D eigenvalue weighted by atomic mass is 32.1. The van der Waals surface area contributed by atoms with Crippen LogP contribution < -0.4 is 0 Å². The number of hydrogen-bond donors (Lipinski definition) is 1. The molecule has 0 saturated heterocycles. The van der Waals surface area contributed by atoms with Crippen molar-refractivity contribution in [3.05, 3.63) is 27.6 Å². The second-order valence-corrected chi connectivity index (χ2v) is 4.37. The lowest BCUT2D eigenvalue weighted by atomic mass is 10.1. The Bertz CT molecular complexity index is 600. The Kier molecular flexibility index (Phi) is 2.89. The van der Waals surface area contributed by atoms with Crippen molar-refractivity contribution in [1.29, 1.82) is 0 Å². The van der Waals surface area contributed by atoms with Gasteiger partial charge in [-0.1, -0.05) is 5.16 Å². The first-order valence-corrected chi connectivity index (χ1v) is 5.55. The van der Waals surface area contributed by atoms with Crippen molar-refractivity contribution in [2.75, 3.05) is 0 Å². The highest BCUT2D eigenvalue weighted by Gasteiger charge is 2.39. The van der Waals surface area contributed by atoms with E-state index in [1.165, 1.54) is 18.4 Å². The van der Waals surface area contributed by atoms with E-state index in [4.69, 9.17) is 5.11 Å². The van der Waals surface area contributed by atoms with Gasteiger partial charge in [-0.3, -0.25) is 0 Å². The van der Waals surface area contributed by atoms with Gasteiger partial charge in [0.05, 0.1) is 0 Å². The van der Waals surface area contributed by atoms with Gasteiger partial charge in [0.25, 0.3) is 0 Å². The summed E-state index contributed by atoms with van der Waals surface area (Å²) in [6.45, 7) is 1.19. The van der Waals surface area contributed by atoms with Crippen molar-refractivity contribution in [3.63, 3.8) is 0 Å². The molecule has 2 heterocycles. The molecule has 0 aliphatic rings. The maximum Gasteiger partial charge on any atom is 0.452 e. The zero-order valence-electron chi connectivity index (χ0n) is 8.91. The molecule has 0 bridgehead atoms. The first kappa shape index (κ1) is 12.6. The first-order chi connectivity index (χ1) is 8.32. The largest absolute Gasteiger partial charge is 0.477 e. The number of carboxylic acid groups (broad SMARTS) is 1. The van der Waals surface area contributed by atoms with E-state index in [0.717, 1.165) is 11.3 Å². The molecular weight excluding hydrogens is 271 g/mol. The summed E-state index contributed by atoms with van der Waals surface area (Å²) >= 11 is 0.915. The monoisotopic (exact) mass is 277 g/mol. The summed E-state index contributed by atoms with van der Waals surface area (Å²) in [5.74, 6) is -2.42. The maximum atomic E-state index is 12.5. The molecule has 2 aromatic heterocycles. The first-order valence-electron chi connectivity index (χ1n) is 4.67. The molecule has 4 nitrogen and oxygen atoms in total. The number of aromatic nitrogens is 1. The van der Waals surface area contributed by atoms with Gasteiger partial charge in [0.2, 0.25) is 5.76 Å². The molecule has 0 aliphatic heterocycles. The molecule has 0 aliphatic carbocycles. The Balaban J connectivity index is 2.56. The van der Waals surface area contributed by atoms with E-state index >= 15 is 0 Å². The minimum absolute atomic E-state index is 0.0693. The molecule has 0 radical (unpaired) electrons. The summed E-state index contributed by atoms with van der Waals surface area (Å²) in [6.07, 6.45) is -4.64. The molecule has 0 atom stereocenters. The average Bonchev–Trinajstić information content (AvgIpc) is 2.81. The molecule has 0 fully saturated rings. The summed E-state index contributed by atoms with van der Waals surface area (Å²) in [6, 6.07) is 1.40. The van der Waals surface area contributed by atoms with Crippen LogP contribution in [0.25, 0.3) is 11.3 Å². The molecule has 96 valence electrons. The van der Waals surface area contributed by atoms with Crippen molar-refractivity contribution in [2.24, 2.45) is 0 Å². The van der Waals surface area contributed by atoms with Gasteiger partial charge in [-0.2, -0.15) is 13.2 Å². The Hall–Kier alpha value is -1.83. The second kappa shape index (κ2) is 4.13. The standard InChI is InChI=1S/C10H6F3NO3S/c1-4-6(14-17-8(4)10(11,12)13)5-2-3-18-7(5)9(15)16/h2-3H,1H3,(H,15,16). The van der Waals surface area contributed by atoms with Gasteiger partial charge in [-0.05, 0) is 18.4 Å². The van der Waals surface area contributed by atoms with Crippen molar-refractivity contribution >= 4 is 17.3 Å². The SMILES string of the molecule is Cc1c(-c2ccsc2C(=O)O)noc1C(F)(F)F. The zero-order chi connectivity index (χ0) is 13.5. The minimum Gasteiger partial charge on any atom is -0.477 e. The topological polar surface area (TPSA) is 63.3 Å². The van der Waals surface area contributed by atoms with Crippen LogP contribution in [0.2, 0.25) is 0 Å². The third-order valence-corrected chi connectivity index (χ3v) is 3.20. The van der Waals surface area contributed by atoms with Crippen LogP contribution in [0.15, 0.2) is 16.0 Å². The normalized spacial score (nSPS) is 11.8. The Morgan fingerprint density at radius 1 is 1.50 bits per heavy atom. The van der Waals surface area contributed by atoms with Gasteiger partial charge < -0.3 is 9.63 Å². The third-order valence-electron chi connectivity index (χ3n) is 2.30. The predicted octanol–water partition coefficient (Wildman–Crippen LogP) is 3.43. The highest BCUT2D eigenvalue weighted by Crippen LogP contribution is 2.38. The zero-order valence-corrected chi connectivity index (χ0v) is 9.72. The van der Waals surface area contributed by atoms with E-state index in [0.29, 0.717) is 0 Å².